The molecular formula is C10H10N2O3. The Bertz CT molecular complexity index is 510. The van der Waals surface area contributed by atoms with E-state index in [1.165, 1.54) is 7.11 Å². The second-order valence-electron chi connectivity index (χ2n) is 3.12. The van der Waals surface area contributed by atoms with E-state index in [-0.39, 0.29) is 0 Å². The quantitative estimate of drug-likeness (QED) is 0.731. The molecule has 0 unspecified atom stereocenters. The van der Waals surface area contributed by atoms with Crippen molar-refractivity contribution in [3.8, 4) is 11.4 Å². The maximum atomic E-state index is 11.1. The van der Waals surface area contributed by atoms with Crippen molar-refractivity contribution in [1.29, 1.82) is 0 Å². The zero-order chi connectivity index (χ0) is 10.8. The maximum Gasteiger partial charge on any atom is 0.475 e. The van der Waals surface area contributed by atoms with Crippen LogP contribution < -0.4 is 10.6 Å². The maximum absolute atomic E-state index is 11.1. The molecule has 0 atom stereocenters. The van der Waals surface area contributed by atoms with Crippen molar-refractivity contribution in [2.75, 3.05) is 7.11 Å². The van der Waals surface area contributed by atoms with Crippen LogP contribution in [0, 0.1) is 6.92 Å². The van der Waals surface area contributed by atoms with E-state index >= 15 is 0 Å². The normalized spacial score (nSPS) is 10.3. The van der Waals surface area contributed by atoms with Crippen LogP contribution in [-0.4, -0.2) is 17.0 Å². The lowest BCUT2D eigenvalue weighted by Gasteiger charge is -2.01. The molecule has 0 saturated heterocycles. The minimum absolute atomic E-state index is 0.363. The molecule has 0 aliphatic heterocycles. The molecular weight excluding hydrogens is 196 g/mol. The van der Waals surface area contributed by atoms with Gasteiger partial charge in [-0.2, -0.15) is 0 Å². The van der Waals surface area contributed by atoms with E-state index in [0.29, 0.717) is 5.82 Å². The van der Waals surface area contributed by atoms with Crippen molar-refractivity contribution in [2.45, 2.75) is 6.92 Å². The van der Waals surface area contributed by atoms with Crippen molar-refractivity contribution in [1.82, 2.24) is 9.89 Å². The molecule has 0 fully saturated rings. The number of aromatic nitrogens is 2. The lowest BCUT2D eigenvalue weighted by atomic mass is 10.1. The van der Waals surface area contributed by atoms with E-state index < -0.39 is 5.76 Å². The average molecular weight is 206 g/mol. The molecule has 2 aromatic rings. The Morgan fingerprint density at radius 3 is 2.60 bits per heavy atom. The van der Waals surface area contributed by atoms with Gasteiger partial charge in [-0.3, -0.25) is 4.52 Å². The lowest BCUT2D eigenvalue weighted by Crippen LogP contribution is -2.20. The summed E-state index contributed by atoms with van der Waals surface area (Å²) in [6.45, 7) is 1.98. The Balaban J connectivity index is 2.54. The molecule has 1 aromatic carbocycles. The summed E-state index contributed by atoms with van der Waals surface area (Å²) in [5.74, 6) is -0.268. The highest BCUT2D eigenvalue weighted by Gasteiger charge is 2.12. The van der Waals surface area contributed by atoms with E-state index in [2.05, 4.69) is 9.68 Å². The molecule has 2 rings (SSSR count). The number of nitrogens with zero attached hydrogens (tertiary/aromatic N) is 2. The molecule has 0 amide bonds. The average Bonchev–Trinajstić information content (AvgIpc) is 2.61. The highest BCUT2D eigenvalue weighted by atomic mass is 16.7. The first kappa shape index (κ1) is 9.51. The van der Waals surface area contributed by atoms with Gasteiger partial charge in [0.1, 0.15) is 7.11 Å². The molecule has 0 aliphatic rings. The molecule has 0 saturated carbocycles. The summed E-state index contributed by atoms with van der Waals surface area (Å²) < 4.78 is 5.51. The van der Waals surface area contributed by atoms with Crippen molar-refractivity contribution in [2.24, 2.45) is 0 Å². The van der Waals surface area contributed by atoms with Gasteiger partial charge in [0.15, 0.2) is 0 Å². The van der Waals surface area contributed by atoms with Gasteiger partial charge < -0.3 is 4.84 Å². The summed E-state index contributed by atoms with van der Waals surface area (Å²) >= 11 is 0. The SMILES string of the molecule is COn1c(-c2ccc(C)cc2)noc1=O. The zero-order valence-electron chi connectivity index (χ0n) is 8.43. The molecule has 0 aliphatic carbocycles. The van der Waals surface area contributed by atoms with E-state index in [1.54, 1.807) is 0 Å². The van der Waals surface area contributed by atoms with Crippen LogP contribution in [0.1, 0.15) is 5.56 Å². The van der Waals surface area contributed by atoms with Gasteiger partial charge in [-0.15, -0.1) is 0 Å². The Hall–Kier alpha value is -2.04. The van der Waals surface area contributed by atoms with Gasteiger partial charge in [-0.25, -0.2) is 4.79 Å². The minimum atomic E-state index is -0.631. The van der Waals surface area contributed by atoms with E-state index in [4.69, 9.17) is 4.84 Å². The predicted octanol–water partition coefficient (Wildman–Crippen LogP) is 0.870. The topological polar surface area (TPSA) is 57.3 Å². The van der Waals surface area contributed by atoms with Crippen LogP contribution in [0.5, 0.6) is 0 Å². The third-order valence-electron chi connectivity index (χ3n) is 2.06. The van der Waals surface area contributed by atoms with Crippen LogP contribution in [0.15, 0.2) is 33.6 Å². The monoisotopic (exact) mass is 206 g/mol. The van der Waals surface area contributed by atoms with Gasteiger partial charge in [0.2, 0.25) is 5.82 Å². The molecule has 0 radical (unpaired) electrons. The molecule has 0 N–H and O–H groups in total. The van der Waals surface area contributed by atoms with E-state index in [0.717, 1.165) is 15.9 Å². The second-order valence-corrected chi connectivity index (χ2v) is 3.12. The summed E-state index contributed by atoms with van der Waals surface area (Å²) in [5.41, 5.74) is 1.90. The first-order chi connectivity index (χ1) is 7.22. The number of aryl methyl sites for hydroxylation is 1. The zero-order valence-corrected chi connectivity index (χ0v) is 8.43. The van der Waals surface area contributed by atoms with E-state index in [9.17, 15) is 4.79 Å². The van der Waals surface area contributed by atoms with Crippen LogP contribution in [0.2, 0.25) is 0 Å². The third kappa shape index (κ3) is 1.63. The van der Waals surface area contributed by atoms with Crippen LogP contribution in [-0.2, 0) is 0 Å². The van der Waals surface area contributed by atoms with Gasteiger partial charge in [0.25, 0.3) is 0 Å². The van der Waals surface area contributed by atoms with Gasteiger partial charge >= 0.3 is 5.76 Å². The molecule has 5 heteroatoms. The van der Waals surface area contributed by atoms with Crippen molar-refractivity contribution < 1.29 is 9.36 Å². The first-order valence-corrected chi connectivity index (χ1v) is 4.42. The summed E-state index contributed by atoms with van der Waals surface area (Å²) in [6.07, 6.45) is 0. The molecule has 1 aromatic heterocycles. The van der Waals surface area contributed by atoms with Crippen molar-refractivity contribution in [3.05, 3.63) is 40.4 Å². The fourth-order valence-electron chi connectivity index (χ4n) is 1.28. The van der Waals surface area contributed by atoms with Gasteiger partial charge in [-0.05, 0) is 6.92 Å². The second kappa shape index (κ2) is 3.61. The van der Waals surface area contributed by atoms with Crippen LogP contribution in [0.4, 0.5) is 0 Å². The van der Waals surface area contributed by atoms with Crippen molar-refractivity contribution >= 4 is 0 Å². The standard InChI is InChI=1S/C10H10N2O3/c1-7-3-5-8(6-4-7)9-11-15-10(13)12(9)14-2/h3-6H,1-2H3. The van der Waals surface area contributed by atoms with Crippen LogP contribution >= 0.6 is 0 Å². The predicted molar refractivity (Wildman–Crippen MR) is 53.4 cm³/mol. The first-order valence-electron chi connectivity index (χ1n) is 4.42. The summed E-state index contributed by atoms with van der Waals surface area (Å²) in [7, 11) is 1.39. The fourth-order valence-corrected chi connectivity index (χ4v) is 1.28. The smallest absolute Gasteiger partial charge is 0.409 e. The summed E-state index contributed by atoms with van der Waals surface area (Å²) in [5, 5.41) is 3.64. The lowest BCUT2D eigenvalue weighted by molar-refractivity contribution is 0.148. The molecule has 5 nitrogen and oxygen atoms in total. The van der Waals surface area contributed by atoms with Gasteiger partial charge in [0.05, 0.1) is 0 Å². The minimum Gasteiger partial charge on any atom is -0.409 e. The van der Waals surface area contributed by atoms with E-state index in [1.807, 2.05) is 31.2 Å². The summed E-state index contributed by atoms with van der Waals surface area (Å²) in [6, 6.07) is 7.55. The molecule has 15 heavy (non-hydrogen) atoms. The summed E-state index contributed by atoms with van der Waals surface area (Å²) in [4.78, 5) is 16.0. The Morgan fingerprint density at radius 2 is 2.00 bits per heavy atom. The number of benzene rings is 1. The number of rotatable bonds is 2. The largest absolute Gasteiger partial charge is 0.475 e. The Kier molecular flexibility index (Phi) is 2.29. The molecule has 0 bridgehead atoms. The fraction of sp³-hybridized carbons (Fsp3) is 0.200. The number of hydrogen-bond acceptors (Lipinski definition) is 4. The highest BCUT2D eigenvalue weighted by Crippen LogP contribution is 2.15. The molecule has 1 heterocycles. The van der Waals surface area contributed by atoms with Crippen molar-refractivity contribution in [3.63, 3.8) is 0 Å². The van der Waals surface area contributed by atoms with Crippen LogP contribution in [0.3, 0.4) is 0 Å². The molecule has 78 valence electrons. The Morgan fingerprint density at radius 1 is 1.33 bits per heavy atom. The van der Waals surface area contributed by atoms with Gasteiger partial charge in [-0.1, -0.05) is 39.7 Å². The Labute approximate surface area is 85.8 Å². The molecule has 0 spiro atoms. The third-order valence-corrected chi connectivity index (χ3v) is 2.06. The number of hydrogen-bond donors (Lipinski definition) is 0. The van der Waals surface area contributed by atoms with Crippen LogP contribution in [0.25, 0.3) is 11.4 Å². The highest BCUT2D eigenvalue weighted by molar-refractivity contribution is 5.54. The van der Waals surface area contributed by atoms with Gasteiger partial charge in [0, 0.05) is 5.56 Å².